The van der Waals surface area contributed by atoms with Crippen LogP contribution in [0.4, 0.5) is 5.69 Å². The van der Waals surface area contributed by atoms with Crippen molar-refractivity contribution in [1.29, 1.82) is 0 Å². The van der Waals surface area contributed by atoms with Crippen LogP contribution in [0.1, 0.15) is 55.7 Å². The highest BCUT2D eigenvalue weighted by Crippen LogP contribution is 2.28. The summed E-state index contributed by atoms with van der Waals surface area (Å²) in [7, 11) is -3.80. The van der Waals surface area contributed by atoms with Gasteiger partial charge in [0.25, 0.3) is 0 Å². The third-order valence-corrected chi connectivity index (χ3v) is 8.78. The van der Waals surface area contributed by atoms with Gasteiger partial charge in [0.2, 0.25) is 21.8 Å². The van der Waals surface area contributed by atoms with Gasteiger partial charge in [0.1, 0.15) is 12.6 Å². The van der Waals surface area contributed by atoms with Gasteiger partial charge in [-0.05, 0) is 68.5 Å². The molecule has 1 saturated carbocycles. The lowest BCUT2D eigenvalue weighted by Crippen LogP contribution is -2.53. The van der Waals surface area contributed by atoms with Gasteiger partial charge in [-0.15, -0.1) is 0 Å². The van der Waals surface area contributed by atoms with Crippen molar-refractivity contribution >= 4 is 50.7 Å². The maximum Gasteiger partial charge on any atom is 0.244 e. The molecule has 1 aliphatic rings. The molecule has 37 heavy (non-hydrogen) atoms. The van der Waals surface area contributed by atoms with Crippen molar-refractivity contribution in [3.63, 3.8) is 0 Å². The van der Waals surface area contributed by atoms with Crippen LogP contribution in [-0.2, 0) is 26.2 Å². The molecule has 1 aliphatic carbocycles. The highest BCUT2D eigenvalue weighted by molar-refractivity contribution is 7.92. The third-order valence-electron chi connectivity index (χ3n) is 6.94. The molecule has 2 aromatic rings. The van der Waals surface area contributed by atoms with Crippen molar-refractivity contribution in [3.8, 4) is 0 Å². The van der Waals surface area contributed by atoms with Crippen molar-refractivity contribution in [2.75, 3.05) is 17.1 Å². The summed E-state index contributed by atoms with van der Waals surface area (Å²) < 4.78 is 26.7. The summed E-state index contributed by atoms with van der Waals surface area (Å²) in [6.07, 6.45) is 5.32. The van der Waals surface area contributed by atoms with Gasteiger partial charge in [0, 0.05) is 28.2 Å². The number of nitrogens with one attached hydrogen (secondary N) is 1. The topological polar surface area (TPSA) is 86.8 Å². The number of hydrogen-bond donors (Lipinski definition) is 1. The number of anilines is 1. The van der Waals surface area contributed by atoms with Crippen LogP contribution >= 0.6 is 23.2 Å². The molecule has 10 heteroatoms. The quantitative estimate of drug-likeness (QED) is 0.425. The highest BCUT2D eigenvalue weighted by Gasteiger charge is 2.33. The van der Waals surface area contributed by atoms with E-state index in [9.17, 15) is 18.0 Å². The number of hydrogen-bond acceptors (Lipinski definition) is 4. The van der Waals surface area contributed by atoms with E-state index in [1.54, 1.807) is 30.3 Å². The fourth-order valence-electron chi connectivity index (χ4n) is 4.64. The minimum Gasteiger partial charge on any atom is -0.352 e. The summed E-state index contributed by atoms with van der Waals surface area (Å²) in [5.41, 5.74) is 2.80. The monoisotopic (exact) mass is 567 g/mol. The van der Waals surface area contributed by atoms with E-state index >= 15 is 0 Å². The lowest BCUT2D eigenvalue weighted by atomic mass is 10.1. The lowest BCUT2D eigenvalue weighted by molar-refractivity contribution is -0.140. The number of rotatable bonds is 10. The van der Waals surface area contributed by atoms with Gasteiger partial charge in [0.15, 0.2) is 0 Å². The molecule has 3 rings (SSSR count). The Labute approximate surface area is 230 Å². The van der Waals surface area contributed by atoms with Crippen molar-refractivity contribution in [1.82, 2.24) is 10.2 Å². The molecule has 0 aliphatic heterocycles. The van der Waals surface area contributed by atoms with Crippen LogP contribution in [0.2, 0.25) is 10.0 Å². The Kier molecular flexibility index (Phi) is 9.89. The number of carbonyl (C=O) groups is 2. The van der Waals surface area contributed by atoms with Gasteiger partial charge >= 0.3 is 0 Å². The Morgan fingerprint density at radius 3 is 2.22 bits per heavy atom. The number of aryl methyl sites for hydroxylation is 2. The van der Waals surface area contributed by atoms with Crippen LogP contribution in [0.3, 0.4) is 0 Å². The average molecular weight is 569 g/mol. The molecule has 1 atom stereocenters. The van der Waals surface area contributed by atoms with E-state index in [0.717, 1.165) is 47.4 Å². The highest BCUT2D eigenvalue weighted by atomic mass is 35.5. The molecule has 0 spiro atoms. The molecule has 0 unspecified atom stereocenters. The lowest BCUT2D eigenvalue weighted by Gasteiger charge is -2.34. The molecular weight excluding hydrogens is 533 g/mol. The van der Waals surface area contributed by atoms with Gasteiger partial charge < -0.3 is 10.2 Å². The zero-order chi connectivity index (χ0) is 27.3. The number of carbonyl (C=O) groups excluding carboxylic acids is 2. The van der Waals surface area contributed by atoms with Crippen molar-refractivity contribution in [3.05, 3.63) is 63.1 Å². The van der Waals surface area contributed by atoms with Gasteiger partial charge in [-0.25, -0.2) is 8.42 Å². The minimum absolute atomic E-state index is 0.0293. The van der Waals surface area contributed by atoms with E-state index in [1.165, 1.54) is 4.90 Å². The number of benzene rings is 2. The Hall–Kier alpha value is -2.29. The van der Waals surface area contributed by atoms with Crippen LogP contribution in [0.15, 0.2) is 36.4 Å². The Morgan fingerprint density at radius 2 is 1.68 bits per heavy atom. The average Bonchev–Trinajstić information content (AvgIpc) is 3.33. The smallest absolute Gasteiger partial charge is 0.244 e. The number of nitrogens with zero attached hydrogens (tertiary/aromatic N) is 2. The number of sulfonamides is 1. The Balaban J connectivity index is 1.98. The largest absolute Gasteiger partial charge is 0.352 e. The summed E-state index contributed by atoms with van der Waals surface area (Å²) in [4.78, 5) is 28.6. The zero-order valence-corrected chi connectivity index (χ0v) is 24.1. The molecule has 7 nitrogen and oxygen atoms in total. The Morgan fingerprint density at radius 1 is 1.05 bits per heavy atom. The van der Waals surface area contributed by atoms with Crippen molar-refractivity contribution < 1.29 is 18.0 Å². The van der Waals surface area contributed by atoms with Gasteiger partial charge in [0.05, 0.1) is 11.9 Å². The van der Waals surface area contributed by atoms with E-state index in [0.29, 0.717) is 27.7 Å². The molecule has 0 radical (unpaired) electrons. The molecule has 202 valence electrons. The number of halogens is 2. The maximum absolute atomic E-state index is 13.8. The zero-order valence-electron chi connectivity index (χ0n) is 21.8. The minimum atomic E-state index is -3.80. The standard InChI is InChI=1S/C27H35Cl2N3O4S/c1-5-25(27(34)30-20-9-6-7-10-20)31(16-22-23(28)11-8-12-24(22)29)26(33)17-32(37(4,35)36)21-14-13-18(2)19(3)15-21/h8,11-15,20,25H,5-7,9-10,16-17H2,1-4H3,(H,30,34)/t25-/m0/s1. The molecule has 1 fully saturated rings. The van der Waals surface area contributed by atoms with E-state index in [-0.39, 0.29) is 18.5 Å². The summed E-state index contributed by atoms with van der Waals surface area (Å²) in [6, 6.07) is 9.53. The third kappa shape index (κ3) is 7.39. The van der Waals surface area contributed by atoms with E-state index in [4.69, 9.17) is 23.2 Å². The molecule has 1 N–H and O–H groups in total. The predicted molar refractivity (Wildman–Crippen MR) is 150 cm³/mol. The first-order valence-corrected chi connectivity index (χ1v) is 15.1. The molecule has 2 amide bonds. The maximum atomic E-state index is 13.8. The molecule has 2 aromatic carbocycles. The van der Waals surface area contributed by atoms with Crippen LogP contribution in [0.25, 0.3) is 0 Å². The Bertz CT molecular complexity index is 1230. The van der Waals surface area contributed by atoms with Gasteiger partial charge in [-0.3, -0.25) is 13.9 Å². The molecule has 0 aromatic heterocycles. The fraction of sp³-hybridized carbons (Fsp3) is 0.481. The number of amides is 2. The van der Waals surface area contributed by atoms with E-state index < -0.39 is 28.5 Å². The SMILES string of the molecule is CC[C@@H](C(=O)NC1CCCC1)N(Cc1c(Cl)cccc1Cl)C(=O)CN(c1ccc(C)c(C)c1)S(C)(=O)=O. The first kappa shape index (κ1) is 29.3. The van der Waals surface area contributed by atoms with Crippen LogP contribution in [-0.4, -0.2) is 50.0 Å². The summed E-state index contributed by atoms with van der Waals surface area (Å²) in [5, 5.41) is 3.81. The first-order valence-electron chi connectivity index (χ1n) is 12.5. The van der Waals surface area contributed by atoms with E-state index in [2.05, 4.69) is 5.32 Å². The van der Waals surface area contributed by atoms with E-state index in [1.807, 2.05) is 26.8 Å². The molecule has 0 heterocycles. The first-order chi connectivity index (χ1) is 17.4. The van der Waals surface area contributed by atoms with Gasteiger partial charge in [-0.2, -0.15) is 0 Å². The molecular formula is C27H35Cl2N3O4S. The second-order valence-corrected chi connectivity index (χ2v) is 12.4. The van der Waals surface area contributed by atoms with Gasteiger partial charge in [-0.1, -0.05) is 55.1 Å². The molecule has 0 saturated heterocycles. The normalized spacial score (nSPS) is 14.9. The van der Waals surface area contributed by atoms with Crippen molar-refractivity contribution in [2.24, 2.45) is 0 Å². The molecule has 0 bridgehead atoms. The second-order valence-electron chi connectivity index (χ2n) is 9.67. The summed E-state index contributed by atoms with van der Waals surface area (Å²) in [5.74, 6) is -0.781. The second kappa shape index (κ2) is 12.5. The van der Waals surface area contributed by atoms with Crippen LogP contribution < -0.4 is 9.62 Å². The predicted octanol–water partition coefficient (Wildman–Crippen LogP) is 5.24. The summed E-state index contributed by atoms with van der Waals surface area (Å²) in [6.45, 7) is 5.15. The van der Waals surface area contributed by atoms with Crippen molar-refractivity contribution in [2.45, 2.75) is 71.5 Å². The fourth-order valence-corrected chi connectivity index (χ4v) is 5.99. The van der Waals surface area contributed by atoms with Crippen LogP contribution in [0, 0.1) is 13.8 Å². The van der Waals surface area contributed by atoms with Crippen LogP contribution in [0.5, 0.6) is 0 Å². The summed E-state index contributed by atoms with van der Waals surface area (Å²) >= 11 is 12.8.